The van der Waals surface area contributed by atoms with Gasteiger partial charge in [0.25, 0.3) is 0 Å². The molecule has 5 heteroatoms. The Labute approximate surface area is 135 Å². The molecule has 1 aliphatic heterocycles. The van der Waals surface area contributed by atoms with Crippen LogP contribution in [0.15, 0.2) is 36.4 Å². The fourth-order valence-corrected chi connectivity index (χ4v) is 3.07. The summed E-state index contributed by atoms with van der Waals surface area (Å²) in [6.45, 7) is 3.74. The molecule has 4 nitrogen and oxygen atoms in total. The second kappa shape index (κ2) is 6.66. The first-order chi connectivity index (χ1) is 11.2. The maximum atomic E-state index is 13.3. The van der Waals surface area contributed by atoms with E-state index in [1.165, 1.54) is 6.07 Å². The summed E-state index contributed by atoms with van der Waals surface area (Å²) in [5, 5.41) is 12.3. The van der Waals surface area contributed by atoms with Gasteiger partial charge in [-0.3, -0.25) is 0 Å². The molecule has 0 aliphatic carbocycles. The molecule has 118 valence electrons. The van der Waals surface area contributed by atoms with Gasteiger partial charge in [-0.25, -0.2) is 9.37 Å². The van der Waals surface area contributed by atoms with Crippen LogP contribution < -0.4 is 10.2 Å². The average molecular weight is 310 g/mol. The Hall–Kier alpha value is -2.61. The van der Waals surface area contributed by atoms with Gasteiger partial charge in [-0.2, -0.15) is 5.26 Å². The van der Waals surface area contributed by atoms with Crippen LogP contribution >= 0.6 is 0 Å². The molecular formula is C18H19FN4. The molecule has 1 saturated heterocycles. The lowest BCUT2D eigenvalue weighted by Gasteiger charge is -2.35. The van der Waals surface area contributed by atoms with Gasteiger partial charge >= 0.3 is 0 Å². The van der Waals surface area contributed by atoms with Crippen molar-refractivity contribution in [2.45, 2.75) is 25.8 Å². The zero-order valence-corrected chi connectivity index (χ0v) is 13.1. The summed E-state index contributed by atoms with van der Waals surface area (Å²) in [6.07, 6.45) is 2.11. The molecule has 1 aromatic heterocycles. The molecule has 0 bridgehead atoms. The van der Waals surface area contributed by atoms with Crippen molar-refractivity contribution in [3.05, 3.63) is 53.5 Å². The van der Waals surface area contributed by atoms with Gasteiger partial charge in [-0.15, -0.1) is 0 Å². The van der Waals surface area contributed by atoms with E-state index in [0.717, 1.165) is 43.0 Å². The Morgan fingerprint density at radius 2 is 2.22 bits per heavy atom. The molecule has 1 aliphatic rings. The third kappa shape index (κ3) is 3.59. The third-order valence-electron chi connectivity index (χ3n) is 4.14. The molecule has 2 heterocycles. The minimum atomic E-state index is -0.199. The highest BCUT2D eigenvalue weighted by Gasteiger charge is 2.21. The first-order valence-electron chi connectivity index (χ1n) is 7.80. The van der Waals surface area contributed by atoms with Gasteiger partial charge in [0.05, 0.1) is 0 Å². The number of halogens is 1. The molecule has 1 atom stereocenters. The van der Waals surface area contributed by atoms with E-state index < -0.39 is 0 Å². The summed E-state index contributed by atoms with van der Waals surface area (Å²) < 4.78 is 13.3. The van der Waals surface area contributed by atoms with E-state index in [2.05, 4.69) is 21.3 Å². The predicted molar refractivity (Wildman–Crippen MR) is 88.9 cm³/mol. The van der Waals surface area contributed by atoms with E-state index in [0.29, 0.717) is 5.69 Å². The molecule has 1 aromatic carbocycles. The topological polar surface area (TPSA) is 52.0 Å². The van der Waals surface area contributed by atoms with Gasteiger partial charge in [-0.1, -0.05) is 6.07 Å². The quantitative estimate of drug-likeness (QED) is 0.943. The molecule has 3 rings (SSSR count). The number of nitriles is 1. The maximum Gasteiger partial charge on any atom is 0.142 e. The third-order valence-corrected chi connectivity index (χ3v) is 4.14. The number of rotatable bonds is 3. The highest BCUT2D eigenvalue weighted by Crippen LogP contribution is 2.25. The normalized spacial score (nSPS) is 17.6. The first-order valence-corrected chi connectivity index (χ1v) is 7.80. The number of nitrogens with one attached hydrogen (secondary N) is 1. The summed E-state index contributed by atoms with van der Waals surface area (Å²) >= 11 is 0. The van der Waals surface area contributed by atoms with Gasteiger partial charge in [0, 0.05) is 24.8 Å². The molecule has 23 heavy (non-hydrogen) atoms. The summed E-state index contributed by atoms with van der Waals surface area (Å²) in [7, 11) is 0. The number of hydrogen-bond acceptors (Lipinski definition) is 4. The number of benzene rings is 1. The fraction of sp³-hybridized carbons (Fsp3) is 0.333. The van der Waals surface area contributed by atoms with Crippen LogP contribution in [0.3, 0.4) is 0 Å². The van der Waals surface area contributed by atoms with E-state index in [4.69, 9.17) is 5.26 Å². The first kappa shape index (κ1) is 15.3. The molecule has 0 spiro atoms. The lowest BCUT2D eigenvalue weighted by molar-refractivity contribution is 0.528. The number of aryl methyl sites for hydroxylation is 1. The Morgan fingerprint density at radius 3 is 3.00 bits per heavy atom. The van der Waals surface area contributed by atoms with E-state index in [1.54, 1.807) is 12.1 Å². The molecule has 0 amide bonds. The van der Waals surface area contributed by atoms with Gasteiger partial charge in [-0.05, 0) is 55.7 Å². The van der Waals surface area contributed by atoms with Crippen LogP contribution in [-0.2, 0) is 0 Å². The fourth-order valence-electron chi connectivity index (χ4n) is 3.07. The van der Waals surface area contributed by atoms with Crippen LogP contribution in [0, 0.1) is 24.1 Å². The van der Waals surface area contributed by atoms with Gasteiger partial charge in [0.2, 0.25) is 0 Å². The Kier molecular flexibility index (Phi) is 4.42. The van der Waals surface area contributed by atoms with E-state index in [-0.39, 0.29) is 11.9 Å². The van der Waals surface area contributed by atoms with Crippen LogP contribution in [-0.4, -0.2) is 24.1 Å². The number of anilines is 2. The van der Waals surface area contributed by atoms with Crippen LogP contribution in [0.25, 0.3) is 0 Å². The van der Waals surface area contributed by atoms with Crippen molar-refractivity contribution >= 4 is 11.5 Å². The minimum absolute atomic E-state index is 0.199. The van der Waals surface area contributed by atoms with Gasteiger partial charge < -0.3 is 10.2 Å². The summed E-state index contributed by atoms with van der Waals surface area (Å²) in [5.41, 5.74) is 2.45. The summed E-state index contributed by atoms with van der Waals surface area (Å²) in [4.78, 5) is 6.55. The van der Waals surface area contributed by atoms with Gasteiger partial charge in [0.1, 0.15) is 23.4 Å². The highest BCUT2D eigenvalue weighted by atomic mass is 19.1. The zero-order valence-electron chi connectivity index (χ0n) is 13.1. The SMILES string of the molecule is Cc1cc(F)ccc1N1CCCC(Nc2cccc(C#N)n2)C1. The van der Waals surface area contributed by atoms with E-state index >= 15 is 0 Å². The van der Waals surface area contributed by atoms with Crippen LogP contribution in [0.1, 0.15) is 24.1 Å². The lowest BCUT2D eigenvalue weighted by Crippen LogP contribution is -2.42. The van der Waals surface area contributed by atoms with Crippen molar-refractivity contribution in [1.29, 1.82) is 5.26 Å². The molecule has 2 aromatic rings. The second-order valence-electron chi connectivity index (χ2n) is 5.88. The summed E-state index contributed by atoms with van der Waals surface area (Å²) in [5.74, 6) is 0.530. The number of nitrogens with zero attached hydrogens (tertiary/aromatic N) is 3. The molecule has 0 radical (unpaired) electrons. The highest BCUT2D eigenvalue weighted by molar-refractivity contribution is 5.54. The number of pyridine rings is 1. The smallest absolute Gasteiger partial charge is 0.142 e. The standard InChI is InChI=1S/C18H19FN4/c1-13-10-14(19)7-8-17(13)23-9-3-5-16(12-23)22-18-6-2-4-15(11-20)21-18/h2,4,6-8,10,16H,3,5,9,12H2,1H3,(H,21,22). The average Bonchev–Trinajstić information content (AvgIpc) is 2.55. The largest absolute Gasteiger partial charge is 0.369 e. The van der Waals surface area contributed by atoms with Crippen LogP contribution in [0.2, 0.25) is 0 Å². The number of piperidine rings is 1. The van der Waals surface area contributed by atoms with Crippen molar-refractivity contribution in [2.24, 2.45) is 0 Å². The Balaban J connectivity index is 1.72. The summed E-state index contributed by atoms with van der Waals surface area (Å²) in [6, 6.07) is 12.7. The van der Waals surface area contributed by atoms with Crippen molar-refractivity contribution in [1.82, 2.24) is 4.98 Å². The zero-order chi connectivity index (χ0) is 16.2. The van der Waals surface area contributed by atoms with Crippen LogP contribution in [0.5, 0.6) is 0 Å². The number of hydrogen-bond donors (Lipinski definition) is 1. The van der Waals surface area contributed by atoms with Crippen molar-refractivity contribution in [3.63, 3.8) is 0 Å². The predicted octanol–water partition coefficient (Wildman–Crippen LogP) is 3.48. The van der Waals surface area contributed by atoms with E-state index in [1.807, 2.05) is 25.1 Å². The van der Waals surface area contributed by atoms with Crippen molar-refractivity contribution in [2.75, 3.05) is 23.3 Å². The maximum absolute atomic E-state index is 13.3. The molecule has 1 fully saturated rings. The van der Waals surface area contributed by atoms with Gasteiger partial charge in [0.15, 0.2) is 0 Å². The molecule has 0 saturated carbocycles. The van der Waals surface area contributed by atoms with Crippen LogP contribution in [0.4, 0.5) is 15.9 Å². The molecule has 1 unspecified atom stereocenters. The van der Waals surface area contributed by atoms with Crippen molar-refractivity contribution < 1.29 is 4.39 Å². The Bertz CT molecular complexity index is 738. The minimum Gasteiger partial charge on any atom is -0.369 e. The van der Waals surface area contributed by atoms with E-state index in [9.17, 15) is 4.39 Å². The molecular weight excluding hydrogens is 291 g/mol. The Morgan fingerprint density at radius 1 is 1.35 bits per heavy atom. The van der Waals surface area contributed by atoms with Crippen molar-refractivity contribution in [3.8, 4) is 6.07 Å². The number of aromatic nitrogens is 1. The molecule has 1 N–H and O–H groups in total. The monoisotopic (exact) mass is 310 g/mol. The second-order valence-corrected chi connectivity index (χ2v) is 5.88. The lowest BCUT2D eigenvalue weighted by atomic mass is 10.0.